The molecule has 8 unspecified atom stereocenters. The van der Waals surface area contributed by atoms with Crippen molar-refractivity contribution in [1.29, 1.82) is 0 Å². The fourth-order valence-corrected chi connectivity index (χ4v) is 12.5. The minimum Gasteiger partial charge on any atom is -0.379 e. The van der Waals surface area contributed by atoms with E-state index in [1.807, 2.05) is 0 Å². The highest BCUT2D eigenvalue weighted by Crippen LogP contribution is 2.67. The molecule has 0 aromatic carbocycles. The van der Waals surface area contributed by atoms with Crippen molar-refractivity contribution in [3.8, 4) is 0 Å². The minimum atomic E-state index is 0.143. The van der Waals surface area contributed by atoms with Gasteiger partial charge < -0.3 is 19.1 Å². The van der Waals surface area contributed by atoms with E-state index in [4.69, 9.17) is 14.2 Å². The van der Waals surface area contributed by atoms with Gasteiger partial charge in [0.15, 0.2) is 0 Å². The van der Waals surface area contributed by atoms with Gasteiger partial charge in [-0.1, -0.05) is 135 Å². The van der Waals surface area contributed by atoms with E-state index < -0.39 is 0 Å². The molecule has 336 valence electrons. The molecule has 0 N–H and O–H groups in total. The van der Waals surface area contributed by atoms with Gasteiger partial charge in [-0.15, -0.1) is 0 Å². The van der Waals surface area contributed by atoms with Crippen LogP contribution in [0.25, 0.3) is 0 Å². The first-order valence-corrected chi connectivity index (χ1v) is 25.5. The minimum absolute atomic E-state index is 0.143. The van der Waals surface area contributed by atoms with Gasteiger partial charge in [-0.05, 0) is 163 Å². The normalized spacial score (nSPS) is 29.6. The summed E-state index contributed by atoms with van der Waals surface area (Å²) < 4.78 is 19.1. The summed E-state index contributed by atoms with van der Waals surface area (Å²) in [6.07, 6.45) is 45.4. The van der Waals surface area contributed by atoms with Gasteiger partial charge in [-0.25, -0.2) is 0 Å². The predicted octanol–water partition coefficient (Wildman–Crippen LogP) is 15.0. The molecule has 0 aromatic heterocycles. The van der Waals surface area contributed by atoms with Gasteiger partial charge in [0.25, 0.3) is 0 Å². The fraction of sp³-hybridized carbons (Fsp3) is 0.889. The molecule has 4 heteroatoms. The Morgan fingerprint density at radius 2 is 1.45 bits per heavy atom. The molecule has 0 bridgehead atoms. The van der Waals surface area contributed by atoms with Crippen molar-refractivity contribution in [3.63, 3.8) is 0 Å². The molecule has 4 nitrogen and oxygen atoms in total. The van der Waals surface area contributed by atoms with Crippen molar-refractivity contribution in [2.45, 2.75) is 214 Å². The summed E-state index contributed by atoms with van der Waals surface area (Å²) in [4.78, 5) is 2.23. The molecule has 4 rings (SSSR count). The van der Waals surface area contributed by atoms with Crippen LogP contribution in [0.1, 0.15) is 202 Å². The molecule has 0 heterocycles. The second kappa shape index (κ2) is 27.2. The van der Waals surface area contributed by atoms with Crippen molar-refractivity contribution in [2.75, 3.05) is 47.1 Å². The van der Waals surface area contributed by atoms with Crippen LogP contribution in [0.4, 0.5) is 0 Å². The standard InChI is InChI=1S/C54H97NO3/c1-9-10-11-12-13-14-15-16-17-18-19-20-21-22-23-24-38-56-43-48(42-55(7)8)58-40-26-25-39-57-47-34-36-53(5)46(41-47)30-31-49-51-33-32-50(45(4)29-27-28-44(2)3)54(51,6)37-35-52(49)53/h13-14,16-17,30,44-45,47-52H,9-12,15,18-29,31-43H2,1-8H3/t45?,47?,48-,49?,50?,51?,52?,53?,54?/m0/s1. The van der Waals surface area contributed by atoms with Crippen LogP contribution in [0.15, 0.2) is 36.0 Å². The van der Waals surface area contributed by atoms with E-state index in [1.54, 1.807) is 5.57 Å². The molecule has 0 radical (unpaired) electrons. The SMILES string of the molecule is CCCCCC=CCC=CCCCCCCCCOC[C@H](CN(C)C)OCCCCOC1CCC2(C)C(=CCC3C2CCC2(C)C(C(C)CCCC(C)C)CCC32)C1. The molecule has 0 aliphatic heterocycles. The van der Waals surface area contributed by atoms with Gasteiger partial charge in [0, 0.05) is 26.4 Å². The topological polar surface area (TPSA) is 30.9 Å². The Morgan fingerprint density at radius 1 is 0.741 bits per heavy atom. The maximum absolute atomic E-state index is 6.59. The van der Waals surface area contributed by atoms with Crippen molar-refractivity contribution >= 4 is 0 Å². The molecule has 58 heavy (non-hydrogen) atoms. The van der Waals surface area contributed by atoms with Crippen LogP contribution in [-0.2, 0) is 14.2 Å². The Bertz CT molecular complexity index is 1170. The van der Waals surface area contributed by atoms with Crippen LogP contribution >= 0.6 is 0 Å². The van der Waals surface area contributed by atoms with E-state index in [1.165, 1.54) is 135 Å². The molecular formula is C54H97NO3. The predicted molar refractivity (Wildman–Crippen MR) is 250 cm³/mol. The zero-order valence-corrected chi connectivity index (χ0v) is 39.9. The highest BCUT2D eigenvalue weighted by Gasteiger charge is 2.59. The van der Waals surface area contributed by atoms with E-state index in [-0.39, 0.29) is 6.10 Å². The number of rotatable bonds is 31. The number of ether oxygens (including phenoxy) is 3. The second-order valence-corrected chi connectivity index (χ2v) is 21.1. The molecule has 3 fully saturated rings. The second-order valence-electron chi connectivity index (χ2n) is 21.1. The first-order valence-electron chi connectivity index (χ1n) is 25.5. The lowest BCUT2D eigenvalue weighted by molar-refractivity contribution is -0.0648. The molecule has 0 amide bonds. The number of hydrogen-bond acceptors (Lipinski definition) is 4. The van der Waals surface area contributed by atoms with Gasteiger partial charge in [0.05, 0.1) is 18.8 Å². The number of fused-ring (bicyclic) bond motifs is 5. The third-order valence-electron chi connectivity index (χ3n) is 15.9. The zero-order valence-electron chi connectivity index (χ0n) is 39.9. The third kappa shape index (κ3) is 16.1. The average Bonchev–Trinajstić information content (AvgIpc) is 3.55. The fourth-order valence-electron chi connectivity index (χ4n) is 12.5. The summed E-state index contributed by atoms with van der Waals surface area (Å²) in [6.45, 7) is 19.2. The van der Waals surface area contributed by atoms with E-state index in [0.717, 1.165) is 87.6 Å². The summed E-state index contributed by atoms with van der Waals surface area (Å²) in [6, 6.07) is 0. The van der Waals surface area contributed by atoms with Gasteiger partial charge in [-0.2, -0.15) is 0 Å². The Hall–Kier alpha value is -0.940. The maximum atomic E-state index is 6.59. The highest BCUT2D eigenvalue weighted by molar-refractivity contribution is 5.25. The highest BCUT2D eigenvalue weighted by atomic mass is 16.5. The van der Waals surface area contributed by atoms with Crippen LogP contribution in [-0.4, -0.2) is 64.2 Å². The molecule has 0 aromatic rings. The average molecular weight is 808 g/mol. The number of nitrogens with zero attached hydrogens (tertiary/aromatic N) is 1. The van der Waals surface area contributed by atoms with Gasteiger partial charge >= 0.3 is 0 Å². The third-order valence-corrected chi connectivity index (χ3v) is 15.9. The number of unbranched alkanes of at least 4 members (excludes halogenated alkanes) is 10. The summed E-state index contributed by atoms with van der Waals surface area (Å²) >= 11 is 0. The zero-order chi connectivity index (χ0) is 41.6. The van der Waals surface area contributed by atoms with E-state index in [2.05, 4.69) is 90.9 Å². The maximum Gasteiger partial charge on any atom is 0.0934 e. The molecule has 9 atom stereocenters. The Kier molecular flexibility index (Phi) is 23.3. The van der Waals surface area contributed by atoms with Crippen LogP contribution < -0.4 is 0 Å². The van der Waals surface area contributed by atoms with Crippen molar-refractivity contribution in [3.05, 3.63) is 36.0 Å². The molecular weight excluding hydrogens is 711 g/mol. The number of hydrogen-bond donors (Lipinski definition) is 0. The van der Waals surface area contributed by atoms with Crippen molar-refractivity contribution in [2.24, 2.45) is 46.3 Å². The Balaban J connectivity index is 1.04. The van der Waals surface area contributed by atoms with Gasteiger partial charge in [0.1, 0.15) is 0 Å². The van der Waals surface area contributed by atoms with E-state index in [0.29, 0.717) is 23.5 Å². The Morgan fingerprint density at radius 3 is 2.19 bits per heavy atom. The van der Waals surface area contributed by atoms with Crippen LogP contribution in [0.3, 0.4) is 0 Å². The molecule has 4 aliphatic rings. The molecule has 0 saturated heterocycles. The lowest BCUT2D eigenvalue weighted by Crippen LogP contribution is -2.51. The summed E-state index contributed by atoms with van der Waals surface area (Å²) in [5.41, 5.74) is 2.74. The number of allylic oxidation sites excluding steroid dienone is 5. The first kappa shape index (κ1) is 49.7. The van der Waals surface area contributed by atoms with Crippen molar-refractivity contribution in [1.82, 2.24) is 4.90 Å². The first-order chi connectivity index (χ1) is 28.1. The number of likely N-dealkylation sites (N-methyl/N-ethyl adjacent to an activating group) is 1. The summed E-state index contributed by atoms with van der Waals surface area (Å²) in [7, 11) is 4.27. The van der Waals surface area contributed by atoms with Crippen LogP contribution in [0.2, 0.25) is 0 Å². The lowest BCUT2D eigenvalue weighted by Gasteiger charge is -2.58. The van der Waals surface area contributed by atoms with Crippen LogP contribution in [0.5, 0.6) is 0 Å². The van der Waals surface area contributed by atoms with Gasteiger partial charge in [0.2, 0.25) is 0 Å². The summed E-state index contributed by atoms with van der Waals surface area (Å²) in [5, 5.41) is 0. The summed E-state index contributed by atoms with van der Waals surface area (Å²) in [5.74, 6) is 5.43. The molecule has 0 spiro atoms. The largest absolute Gasteiger partial charge is 0.379 e. The molecule has 4 aliphatic carbocycles. The Labute approximate surface area is 361 Å². The lowest BCUT2D eigenvalue weighted by atomic mass is 9.47. The van der Waals surface area contributed by atoms with Crippen molar-refractivity contribution < 1.29 is 14.2 Å². The smallest absolute Gasteiger partial charge is 0.0934 e. The van der Waals surface area contributed by atoms with Gasteiger partial charge in [-0.3, -0.25) is 0 Å². The van der Waals surface area contributed by atoms with E-state index in [9.17, 15) is 0 Å². The quantitative estimate of drug-likeness (QED) is 0.0516. The monoisotopic (exact) mass is 808 g/mol. The van der Waals surface area contributed by atoms with E-state index >= 15 is 0 Å². The van der Waals surface area contributed by atoms with Crippen LogP contribution in [0, 0.1) is 46.3 Å². The molecule has 3 saturated carbocycles.